The topological polar surface area (TPSA) is 102 Å². The fraction of sp³-hybridized carbons (Fsp3) is 0.345. The lowest BCUT2D eigenvalue weighted by molar-refractivity contribution is -0.114. The largest absolute Gasteiger partial charge is 1.00 e. The van der Waals surface area contributed by atoms with Crippen LogP contribution in [0.1, 0.15) is 29.1 Å². The van der Waals surface area contributed by atoms with Crippen LogP contribution in [0.15, 0.2) is 60.7 Å². The van der Waals surface area contributed by atoms with E-state index in [1.165, 1.54) is 11.8 Å². The van der Waals surface area contributed by atoms with Crippen molar-refractivity contribution in [3.05, 3.63) is 71.8 Å². The van der Waals surface area contributed by atoms with Crippen LogP contribution in [0.3, 0.4) is 0 Å². The summed E-state index contributed by atoms with van der Waals surface area (Å²) in [4.78, 5) is 43.1. The maximum absolute atomic E-state index is 13.1. The average Bonchev–Trinajstić information content (AvgIpc) is 2.92. The summed E-state index contributed by atoms with van der Waals surface area (Å²) in [6.07, 6.45) is -0.636. The van der Waals surface area contributed by atoms with Gasteiger partial charge in [0.25, 0.3) is 11.8 Å². The van der Waals surface area contributed by atoms with Crippen LogP contribution >= 0.6 is 0 Å². The molecule has 1 atom stereocenters. The molecule has 0 aromatic heterocycles. The first-order valence-electron chi connectivity index (χ1n) is 12.9. The lowest BCUT2D eigenvalue weighted by Gasteiger charge is -2.36. The molecule has 1 saturated heterocycles. The molecule has 39 heavy (non-hydrogen) atoms. The minimum Gasteiger partial charge on any atom is -1.00 e. The molecule has 2 aliphatic heterocycles. The maximum atomic E-state index is 13.1. The molecule has 206 valence electrons. The number of anilines is 1. The number of nitrogens with one attached hydrogen (secondary N) is 1. The number of hydrogen-bond donors (Lipinski definition) is 2. The number of rotatable bonds is 9. The fourth-order valence-corrected chi connectivity index (χ4v) is 5.10. The SMILES string of the molecule is CC(=O)Nc1ccc(OCC(O)CN2CCN(CCN3C(=O)c4cccc5cccc(c45)C3=O)CC2)cc1.[Cl-].[H+]. The summed E-state index contributed by atoms with van der Waals surface area (Å²) in [5.74, 6) is 0.0338. The molecule has 1 fully saturated rings. The van der Waals surface area contributed by atoms with E-state index in [9.17, 15) is 19.5 Å². The van der Waals surface area contributed by atoms with Crippen molar-refractivity contribution in [1.29, 1.82) is 0 Å². The van der Waals surface area contributed by atoms with E-state index >= 15 is 0 Å². The first-order chi connectivity index (χ1) is 18.4. The Morgan fingerprint density at radius 3 is 2.10 bits per heavy atom. The van der Waals surface area contributed by atoms with Crippen LogP contribution < -0.4 is 22.5 Å². The van der Waals surface area contributed by atoms with Crippen molar-refractivity contribution >= 4 is 34.2 Å². The van der Waals surface area contributed by atoms with Gasteiger partial charge < -0.3 is 27.6 Å². The Bertz CT molecular complexity index is 1300. The number of halogens is 1. The molecule has 0 aliphatic carbocycles. The molecule has 0 radical (unpaired) electrons. The smallest absolute Gasteiger partial charge is 1.00 e. The summed E-state index contributed by atoms with van der Waals surface area (Å²) in [6, 6.07) is 18.2. The molecule has 5 rings (SSSR count). The third kappa shape index (κ3) is 6.57. The summed E-state index contributed by atoms with van der Waals surface area (Å²) in [5, 5.41) is 14.8. The van der Waals surface area contributed by atoms with Gasteiger partial charge in [0, 0.05) is 74.9 Å². The van der Waals surface area contributed by atoms with Crippen molar-refractivity contribution in [3.8, 4) is 5.75 Å². The number of benzene rings is 3. The van der Waals surface area contributed by atoms with Gasteiger partial charge in [0.1, 0.15) is 18.5 Å². The molecular weight excluding hydrogens is 520 g/mol. The summed E-state index contributed by atoms with van der Waals surface area (Å²) < 4.78 is 5.69. The Morgan fingerprint density at radius 2 is 1.51 bits per heavy atom. The molecule has 2 aliphatic rings. The number of aliphatic hydroxyl groups is 1. The second-order valence-corrected chi connectivity index (χ2v) is 9.78. The zero-order valence-electron chi connectivity index (χ0n) is 22.8. The van der Waals surface area contributed by atoms with Gasteiger partial charge in [-0.25, -0.2) is 0 Å². The standard InChI is InChI=1S/C29H32N4O5.ClH/c1-20(34)30-22-8-10-24(11-9-22)38-19-23(35)18-32-14-12-31(13-15-32)16-17-33-28(36)25-6-2-4-21-5-3-7-26(27(21)25)29(33)37;/h2-11,23,35H,12-19H2,1H3,(H,30,34);1H. The van der Waals surface area contributed by atoms with Crippen molar-refractivity contribution in [1.82, 2.24) is 14.7 Å². The molecule has 9 nitrogen and oxygen atoms in total. The monoisotopic (exact) mass is 552 g/mol. The van der Waals surface area contributed by atoms with Gasteiger partial charge in [0.2, 0.25) is 5.91 Å². The van der Waals surface area contributed by atoms with Gasteiger partial charge in [-0.3, -0.25) is 29.1 Å². The van der Waals surface area contributed by atoms with E-state index < -0.39 is 6.10 Å². The van der Waals surface area contributed by atoms with E-state index in [2.05, 4.69) is 15.1 Å². The van der Waals surface area contributed by atoms with Crippen molar-refractivity contribution in [2.24, 2.45) is 0 Å². The highest BCUT2D eigenvalue weighted by molar-refractivity contribution is 6.25. The van der Waals surface area contributed by atoms with Crippen molar-refractivity contribution < 1.29 is 38.1 Å². The summed E-state index contributed by atoms with van der Waals surface area (Å²) in [5.41, 5.74) is 1.87. The number of β-amino-alcohol motifs (C(OH)–C–C–N with tert-alkyl or cyclic N) is 1. The first-order valence-corrected chi connectivity index (χ1v) is 12.9. The predicted molar refractivity (Wildman–Crippen MR) is 146 cm³/mol. The Kier molecular flexibility index (Phi) is 9.19. The number of hydrogen-bond acceptors (Lipinski definition) is 7. The van der Waals surface area contributed by atoms with Gasteiger partial charge in [-0.15, -0.1) is 0 Å². The van der Waals surface area contributed by atoms with Crippen LogP contribution in [0.25, 0.3) is 10.8 Å². The number of ether oxygens (including phenoxy) is 1. The molecule has 2 N–H and O–H groups in total. The van der Waals surface area contributed by atoms with Gasteiger partial charge in [-0.05, 0) is 41.8 Å². The number of imide groups is 1. The molecule has 3 amide bonds. The highest BCUT2D eigenvalue weighted by Crippen LogP contribution is 2.29. The van der Waals surface area contributed by atoms with Crippen molar-refractivity contribution in [2.45, 2.75) is 13.0 Å². The first kappa shape index (κ1) is 28.5. The molecular formula is C29H33ClN4O5. The van der Waals surface area contributed by atoms with Crippen molar-refractivity contribution in [2.75, 3.05) is 57.7 Å². The minimum absolute atomic E-state index is 0. The molecule has 0 spiro atoms. The van der Waals surface area contributed by atoms with Gasteiger partial charge in [-0.2, -0.15) is 0 Å². The zero-order valence-corrected chi connectivity index (χ0v) is 22.6. The second kappa shape index (κ2) is 12.6. The molecule has 1 unspecified atom stereocenters. The molecule has 2 heterocycles. The second-order valence-electron chi connectivity index (χ2n) is 9.78. The van der Waals surface area contributed by atoms with Gasteiger partial charge >= 0.3 is 1.43 Å². The molecule has 3 aromatic carbocycles. The van der Waals surface area contributed by atoms with Crippen LogP contribution in [-0.4, -0.2) is 96.1 Å². The van der Waals surface area contributed by atoms with E-state index in [1.54, 1.807) is 36.4 Å². The Hall–Kier alpha value is -3.50. The van der Waals surface area contributed by atoms with Crippen LogP contribution in [0.5, 0.6) is 5.75 Å². The van der Waals surface area contributed by atoms with Crippen molar-refractivity contribution in [3.63, 3.8) is 0 Å². The number of aliphatic hydroxyl groups excluding tert-OH is 1. The van der Waals surface area contributed by atoms with Crippen LogP contribution in [0.4, 0.5) is 5.69 Å². The van der Waals surface area contributed by atoms with E-state index in [0.717, 1.165) is 37.0 Å². The fourth-order valence-electron chi connectivity index (χ4n) is 5.10. The van der Waals surface area contributed by atoms with Crippen LogP contribution in [0, 0.1) is 0 Å². The van der Waals surface area contributed by atoms with Gasteiger partial charge in [0.05, 0.1) is 0 Å². The molecule has 10 heteroatoms. The Balaban J connectivity index is 0.00000220. The average molecular weight is 553 g/mol. The maximum Gasteiger partial charge on any atom is 1.00 e. The lowest BCUT2D eigenvalue weighted by atomic mass is 9.94. The predicted octanol–water partition coefficient (Wildman–Crippen LogP) is -0.432. The highest BCUT2D eigenvalue weighted by Gasteiger charge is 2.33. The highest BCUT2D eigenvalue weighted by atomic mass is 35.5. The number of nitrogens with zero attached hydrogens (tertiary/aromatic N) is 3. The van der Waals surface area contributed by atoms with Crippen LogP contribution in [0.2, 0.25) is 0 Å². The van der Waals surface area contributed by atoms with E-state index in [4.69, 9.17) is 4.74 Å². The number of carbonyl (C=O) groups excluding carboxylic acids is 3. The molecule has 0 saturated carbocycles. The van der Waals surface area contributed by atoms with Gasteiger partial charge in [-0.1, -0.05) is 24.3 Å². The zero-order chi connectivity index (χ0) is 26.6. The number of amides is 3. The number of carbonyl (C=O) groups is 3. The Labute approximate surface area is 235 Å². The van der Waals surface area contributed by atoms with Gasteiger partial charge in [0.15, 0.2) is 0 Å². The minimum atomic E-state index is -0.636. The normalized spacial score (nSPS) is 16.6. The molecule has 3 aromatic rings. The summed E-state index contributed by atoms with van der Waals surface area (Å²) in [7, 11) is 0. The van der Waals surface area contributed by atoms with Crippen LogP contribution in [-0.2, 0) is 4.79 Å². The number of piperazine rings is 1. The quantitative estimate of drug-likeness (QED) is 0.347. The Morgan fingerprint density at radius 1 is 0.923 bits per heavy atom. The van der Waals surface area contributed by atoms with E-state index in [-0.39, 0.29) is 38.2 Å². The molecule has 0 bridgehead atoms. The van der Waals surface area contributed by atoms with E-state index in [0.29, 0.717) is 42.2 Å². The third-order valence-corrected chi connectivity index (χ3v) is 7.05. The summed E-state index contributed by atoms with van der Waals surface area (Å²) >= 11 is 0. The third-order valence-electron chi connectivity index (χ3n) is 7.05. The van der Waals surface area contributed by atoms with E-state index in [1.807, 2.05) is 24.3 Å². The summed E-state index contributed by atoms with van der Waals surface area (Å²) in [6.45, 7) is 6.24. The lowest BCUT2D eigenvalue weighted by Crippen LogP contribution is -3.00.